The number of hydrogen-bond acceptors (Lipinski definition) is 5. The van der Waals surface area contributed by atoms with E-state index in [4.69, 9.17) is 14.7 Å². The van der Waals surface area contributed by atoms with Crippen LogP contribution in [0.4, 0.5) is 5.69 Å². The average molecular weight is 352 g/mol. The molecule has 0 aliphatic heterocycles. The van der Waals surface area contributed by atoms with E-state index in [1.807, 2.05) is 25.1 Å². The molecule has 0 aliphatic rings. The minimum Gasteiger partial charge on any atom is -0.479 e. The van der Waals surface area contributed by atoms with Crippen molar-refractivity contribution in [2.75, 3.05) is 5.32 Å². The zero-order valence-corrected chi connectivity index (χ0v) is 14.9. The Morgan fingerprint density at radius 1 is 1.08 bits per heavy atom. The van der Waals surface area contributed by atoms with Crippen LogP contribution in [0, 0.1) is 18.3 Å². The Morgan fingerprint density at radius 2 is 1.81 bits per heavy atom. The van der Waals surface area contributed by atoms with Gasteiger partial charge in [0.25, 0.3) is 5.91 Å². The number of amides is 1. The van der Waals surface area contributed by atoms with E-state index in [2.05, 4.69) is 5.32 Å². The molecular formula is C20H20N2O4. The first kappa shape index (κ1) is 19.0. The number of esters is 1. The fourth-order valence-electron chi connectivity index (χ4n) is 2.19. The zero-order chi connectivity index (χ0) is 19.1. The maximum absolute atomic E-state index is 12.2. The third-order valence-electron chi connectivity index (χ3n) is 3.60. The molecular weight excluding hydrogens is 332 g/mol. The number of benzene rings is 2. The second-order valence-corrected chi connectivity index (χ2v) is 5.80. The van der Waals surface area contributed by atoms with Crippen molar-refractivity contribution in [2.45, 2.75) is 33.0 Å². The van der Waals surface area contributed by atoms with E-state index in [-0.39, 0.29) is 0 Å². The molecule has 2 rings (SSSR count). The molecule has 1 N–H and O–H groups in total. The second-order valence-electron chi connectivity index (χ2n) is 5.80. The number of nitrogens with zero attached hydrogens (tertiary/aromatic N) is 1. The van der Waals surface area contributed by atoms with Crippen LogP contribution in [0.25, 0.3) is 0 Å². The van der Waals surface area contributed by atoms with Crippen molar-refractivity contribution in [2.24, 2.45) is 0 Å². The topological polar surface area (TPSA) is 88.4 Å². The van der Waals surface area contributed by atoms with E-state index in [0.717, 1.165) is 5.56 Å². The number of nitriles is 1. The third-order valence-corrected chi connectivity index (χ3v) is 3.60. The fourth-order valence-corrected chi connectivity index (χ4v) is 2.19. The Bertz CT molecular complexity index is 842. The maximum Gasteiger partial charge on any atom is 0.347 e. The monoisotopic (exact) mass is 352 g/mol. The molecule has 1 amide bonds. The van der Waals surface area contributed by atoms with Crippen molar-refractivity contribution in [3.8, 4) is 11.8 Å². The zero-order valence-electron chi connectivity index (χ0n) is 14.9. The summed E-state index contributed by atoms with van der Waals surface area (Å²) in [5, 5.41) is 11.6. The molecule has 26 heavy (non-hydrogen) atoms. The van der Waals surface area contributed by atoms with Crippen LogP contribution in [0.3, 0.4) is 0 Å². The Labute approximate surface area is 152 Å². The molecule has 0 bridgehead atoms. The number of carbonyl (C=O) groups is 2. The summed E-state index contributed by atoms with van der Waals surface area (Å²) >= 11 is 0. The van der Waals surface area contributed by atoms with Crippen LogP contribution in [0.15, 0.2) is 48.5 Å². The van der Waals surface area contributed by atoms with Gasteiger partial charge >= 0.3 is 5.97 Å². The lowest BCUT2D eigenvalue weighted by Gasteiger charge is -2.18. The number of carbonyl (C=O) groups excluding carboxylic acids is 2. The molecule has 0 fully saturated rings. The van der Waals surface area contributed by atoms with Gasteiger partial charge in [-0.25, -0.2) is 4.79 Å². The van der Waals surface area contributed by atoms with Crippen LogP contribution < -0.4 is 10.1 Å². The number of anilines is 1. The minimum absolute atomic E-state index is 0.329. The predicted molar refractivity (Wildman–Crippen MR) is 96.6 cm³/mol. The Morgan fingerprint density at radius 3 is 2.50 bits per heavy atom. The normalized spacial score (nSPS) is 12.4. The SMILES string of the molecule is Cc1cccc(O[C@H](C)C(=O)O[C@@H](C)C(=O)Nc2ccccc2C#N)c1. The van der Waals surface area contributed by atoms with Gasteiger partial charge in [-0.05, 0) is 50.6 Å². The van der Waals surface area contributed by atoms with Gasteiger partial charge < -0.3 is 14.8 Å². The van der Waals surface area contributed by atoms with Gasteiger partial charge in [-0.2, -0.15) is 5.26 Å². The molecule has 0 unspecified atom stereocenters. The highest BCUT2D eigenvalue weighted by atomic mass is 16.6. The van der Waals surface area contributed by atoms with E-state index >= 15 is 0 Å². The van der Waals surface area contributed by atoms with Crippen LogP contribution in [0.1, 0.15) is 25.0 Å². The summed E-state index contributed by atoms with van der Waals surface area (Å²) in [5.74, 6) is -0.624. The molecule has 6 heteroatoms. The lowest BCUT2D eigenvalue weighted by Crippen LogP contribution is -2.35. The lowest BCUT2D eigenvalue weighted by molar-refractivity contribution is -0.159. The molecule has 0 aliphatic carbocycles. The summed E-state index contributed by atoms with van der Waals surface area (Å²) in [6.45, 7) is 4.93. The summed E-state index contributed by atoms with van der Waals surface area (Å²) in [7, 11) is 0. The molecule has 2 aromatic rings. The van der Waals surface area contributed by atoms with E-state index < -0.39 is 24.1 Å². The Kier molecular flexibility index (Phi) is 6.34. The lowest BCUT2D eigenvalue weighted by atomic mass is 10.2. The molecule has 2 atom stereocenters. The van der Waals surface area contributed by atoms with Crippen LogP contribution in [-0.4, -0.2) is 24.1 Å². The van der Waals surface area contributed by atoms with E-state index in [1.165, 1.54) is 6.92 Å². The van der Waals surface area contributed by atoms with Gasteiger partial charge in [0.1, 0.15) is 11.8 Å². The van der Waals surface area contributed by atoms with Crippen molar-refractivity contribution >= 4 is 17.6 Å². The van der Waals surface area contributed by atoms with Gasteiger partial charge in [0.15, 0.2) is 12.2 Å². The summed E-state index contributed by atoms with van der Waals surface area (Å²) in [6.07, 6.45) is -1.89. The predicted octanol–water partition coefficient (Wildman–Crippen LogP) is 3.20. The highest BCUT2D eigenvalue weighted by Gasteiger charge is 2.23. The van der Waals surface area contributed by atoms with E-state index in [1.54, 1.807) is 43.3 Å². The van der Waals surface area contributed by atoms with Gasteiger partial charge in [0.2, 0.25) is 0 Å². The molecule has 0 saturated carbocycles. The number of para-hydroxylation sites is 1. The van der Waals surface area contributed by atoms with Crippen molar-refractivity contribution in [3.05, 3.63) is 59.7 Å². The van der Waals surface area contributed by atoms with Crippen LogP contribution >= 0.6 is 0 Å². The second kappa shape index (κ2) is 8.67. The summed E-state index contributed by atoms with van der Waals surface area (Å²) in [4.78, 5) is 24.3. The Balaban J connectivity index is 1.93. The number of nitrogens with one attached hydrogen (secondary N) is 1. The van der Waals surface area contributed by atoms with Crippen LogP contribution in [0.2, 0.25) is 0 Å². The van der Waals surface area contributed by atoms with Gasteiger partial charge in [-0.3, -0.25) is 4.79 Å². The quantitative estimate of drug-likeness (QED) is 0.807. The largest absolute Gasteiger partial charge is 0.479 e. The Hall–Kier alpha value is -3.33. The smallest absolute Gasteiger partial charge is 0.347 e. The molecule has 2 aromatic carbocycles. The fraction of sp³-hybridized carbons (Fsp3) is 0.250. The first-order valence-electron chi connectivity index (χ1n) is 8.14. The van der Waals surface area contributed by atoms with Gasteiger partial charge in [-0.15, -0.1) is 0 Å². The van der Waals surface area contributed by atoms with Gasteiger partial charge in [0.05, 0.1) is 11.3 Å². The summed E-state index contributed by atoms with van der Waals surface area (Å²) < 4.78 is 10.7. The number of hydrogen-bond donors (Lipinski definition) is 1. The summed E-state index contributed by atoms with van der Waals surface area (Å²) in [6, 6.07) is 15.9. The van der Waals surface area contributed by atoms with Crippen molar-refractivity contribution in [3.63, 3.8) is 0 Å². The van der Waals surface area contributed by atoms with Crippen molar-refractivity contribution in [1.82, 2.24) is 0 Å². The maximum atomic E-state index is 12.2. The van der Waals surface area contributed by atoms with Gasteiger partial charge in [0, 0.05) is 0 Å². The van der Waals surface area contributed by atoms with Crippen LogP contribution in [-0.2, 0) is 14.3 Å². The molecule has 0 heterocycles. The van der Waals surface area contributed by atoms with E-state index in [9.17, 15) is 9.59 Å². The number of ether oxygens (including phenoxy) is 2. The molecule has 134 valence electrons. The van der Waals surface area contributed by atoms with E-state index in [0.29, 0.717) is 17.0 Å². The number of rotatable bonds is 6. The summed E-state index contributed by atoms with van der Waals surface area (Å²) in [5.41, 5.74) is 1.70. The standard InChI is InChI=1S/C20H20N2O4/c1-13-7-6-9-17(11-13)25-15(3)20(24)26-14(2)19(23)22-18-10-5-4-8-16(18)12-21/h4-11,14-15H,1-3H3,(H,22,23)/t14-,15+/m0/s1. The first-order valence-corrected chi connectivity index (χ1v) is 8.14. The molecule has 0 spiro atoms. The average Bonchev–Trinajstić information content (AvgIpc) is 2.62. The highest BCUT2D eigenvalue weighted by Crippen LogP contribution is 2.16. The highest BCUT2D eigenvalue weighted by molar-refractivity contribution is 5.96. The van der Waals surface area contributed by atoms with Crippen molar-refractivity contribution < 1.29 is 19.1 Å². The third kappa shape index (κ3) is 5.08. The molecule has 6 nitrogen and oxygen atoms in total. The minimum atomic E-state index is -1.03. The molecule has 0 aromatic heterocycles. The van der Waals surface area contributed by atoms with Crippen LogP contribution in [0.5, 0.6) is 5.75 Å². The van der Waals surface area contributed by atoms with Gasteiger partial charge in [-0.1, -0.05) is 24.3 Å². The molecule has 0 saturated heterocycles. The first-order chi connectivity index (χ1) is 12.4. The van der Waals surface area contributed by atoms with Crippen molar-refractivity contribution in [1.29, 1.82) is 5.26 Å². The molecule has 0 radical (unpaired) electrons. The number of aryl methyl sites for hydroxylation is 1.